The number of nitrogen functional groups attached to an aromatic ring is 1. The molecule has 2 rings (SSSR count). The predicted molar refractivity (Wildman–Crippen MR) is 86.8 cm³/mol. The van der Waals surface area contributed by atoms with E-state index in [1.807, 2.05) is 0 Å². The maximum Gasteiger partial charge on any atom is 0.242 e. The molecule has 1 aliphatic carbocycles. The minimum absolute atomic E-state index is 0.267. The number of hydrogen-bond acceptors (Lipinski definition) is 4. The van der Waals surface area contributed by atoms with Crippen molar-refractivity contribution in [2.75, 3.05) is 25.1 Å². The Labute approximate surface area is 127 Å². The van der Waals surface area contributed by atoms with Gasteiger partial charge in [-0.15, -0.1) is 0 Å². The Bertz CT molecular complexity index is 593. The minimum atomic E-state index is -3.43. The van der Waals surface area contributed by atoms with Gasteiger partial charge in [0.25, 0.3) is 0 Å². The monoisotopic (exact) mass is 311 g/mol. The number of rotatable bonds is 5. The molecule has 1 aromatic rings. The number of sulfonamides is 1. The molecule has 1 unspecified atom stereocenters. The SMILES string of the molecule is CC(Nc1cc(S(=O)(=O)N(C)C)ccc1N)C1CCCC1. The van der Waals surface area contributed by atoms with Gasteiger partial charge in [-0.1, -0.05) is 12.8 Å². The van der Waals surface area contributed by atoms with Gasteiger partial charge >= 0.3 is 0 Å². The van der Waals surface area contributed by atoms with Gasteiger partial charge in [-0.25, -0.2) is 12.7 Å². The van der Waals surface area contributed by atoms with Gasteiger partial charge in [0.05, 0.1) is 16.3 Å². The van der Waals surface area contributed by atoms with Crippen LogP contribution in [0.4, 0.5) is 11.4 Å². The zero-order valence-electron chi connectivity index (χ0n) is 13.0. The van der Waals surface area contributed by atoms with E-state index in [2.05, 4.69) is 12.2 Å². The molecule has 3 N–H and O–H groups in total. The number of nitrogens with one attached hydrogen (secondary N) is 1. The zero-order chi connectivity index (χ0) is 15.6. The lowest BCUT2D eigenvalue weighted by molar-refractivity contribution is 0.482. The van der Waals surface area contributed by atoms with Crippen LogP contribution in [0.5, 0.6) is 0 Å². The molecule has 5 nitrogen and oxygen atoms in total. The van der Waals surface area contributed by atoms with E-state index in [0.717, 1.165) is 0 Å². The lowest BCUT2D eigenvalue weighted by Gasteiger charge is -2.23. The van der Waals surface area contributed by atoms with Crippen molar-refractivity contribution >= 4 is 21.4 Å². The van der Waals surface area contributed by atoms with Gasteiger partial charge in [0.15, 0.2) is 0 Å². The summed E-state index contributed by atoms with van der Waals surface area (Å²) in [5.74, 6) is 0.638. The fraction of sp³-hybridized carbons (Fsp3) is 0.600. The molecule has 21 heavy (non-hydrogen) atoms. The molecule has 1 atom stereocenters. The van der Waals surface area contributed by atoms with Crippen LogP contribution in [-0.2, 0) is 10.0 Å². The largest absolute Gasteiger partial charge is 0.397 e. The van der Waals surface area contributed by atoms with Gasteiger partial charge in [0.1, 0.15) is 0 Å². The third-order valence-electron chi connectivity index (χ3n) is 4.29. The highest BCUT2D eigenvalue weighted by molar-refractivity contribution is 7.89. The molecule has 6 heteroatoms. The van der Waals surface area contributed by atoms with Gasteiger partial charge in [-0.2, -0.15) is 0 Å². The van der Waals surface area contributed by atoms with Crippen LogP contribution in [0, 0.1) is 5.92 Å². The van der Waals surface area contributed by atoms with E-state index in [0.29, 0.717) is 23.3 Å². The molecule has 0 aromatic heterocycles. The highest BCUT2D eigenvalue weighted by Gasteiger charge is 2.23. The topological polar surface area (TPSA) is 75.4 Å². The number of nitrogens with zero attached hydrogens (tertiary/aromatic N) is 1. The van der Waals surface area contributed by atoms with Crippen LogP contribution in [0.25, 0.3) is 0 Å². The van der Waals surface area contributed by atoms with Gasteiger partial charge in [-0.05, 0) is 43.9 Å². The van der Waals surface area contributed by atoms with E-state index in [-0.39, 0.29) is 4.90 Å². The Morgan fingerprint density at radius 2 is 1.90 bits per heavy atom. The fourth-order valence-corrected chi connectivity index (χ4v) is 3.78. The van der Waals surface area contributed by atoms with Crippen LogP contribution >= 0.6 is 0 Å². The lowest BCUT2D eigenvalue weighted by atomic mass is 9.99. The summed E-state index contributed by atoms with van der Waals surface area (Å²) in [6.45, 7) is 2.14. The van der Waals surface area contributed by atoms with Crippen molar-refractivity contribution < 1.29 is 8.42 Å². The molecule has 0 aliphatic heterocycles. The summed E-state index contributed by atoms with van der Waals surface area (Å²) >= 11 is 0. The highest BCUT2D eigenvalue weighted by Crippen LogP contribution is 2.31. The fourth-order valence-electron chi connectivity index (χ4n) is 2.85. The Morgan fingerprint density at radius 3 is 2.48 bits per heavy atom. The normalized spacial score (nSPS) is 18.1. The van der Waals surface area contributed by atoms with Crippen LogP contribution in [-0.4, -0.2) is 32.9 Å². The molecule has 0 bridgehead atoms. The molecule has 0 amide bonds. The second-order valence-corrected chi connectivity index (χ2v) is 8.17. The van der Waals surface area contributed by atoms with Gasteiger partial charge in [0.2, 0.25) is 10.0 Å². The van der Waals surface area contributed by atoms with E-state index < -0.39 is 10.0 Å². The van der Waals surface area contributed by atoms with E-state index >= 15 is 0 Å². The van der Waals surface area contributed by atoms with E-state index in [1.54, 1.807) is 18.2 Å². The van der Waals surface area contributed by atoms with Crippen molar-refractivity contribution in [3.8, 4) is 0 Å². The van der Waals surface area contributed by atoms with Crippen LogP contribution in [0.3, 0.4) is 0 Å². The average Bonchev–Trinajstić information content (AvgIpc) is 2.94. The van der Waals surface area contributed by atoms with Gasteiger partial charge < -0.3 is 11.1 Å². The second kappa shape index (κ2) is 6.23. The van der Waals surface area contributed by atoms with Crippen molar-refractivity contribution in [3.05, 3.63) is 18.2 Å². The summed E-state index contributed by atoms with van der Waals surface area (Å²) in [5, 5.41) is 3.40. The number of nitrogens with two attached hydrogens (primary N) is 1. The molecule has 1 aliphatic rings. The van der Waals surface area contributed by atoms with Crippen LogP contribution in [0.15, 0.2) is 23.1 Å². The Balaban J connectivity index is 2.23. The predicted octanol–water partition coefficient (Wildman–Crippen LogP) is 2.51. The molecule has 0 heterocycles. The van der Waals surface area contributed by atoms with Crippen LogP contribution in [0.1, 0.15) is 32.6 Å². The maximum absolute atomic E-state index is 12.2. The van der Waals surface area contributed by atoms with Crippen molar-refractivity contribution in [2.45, 2.75) is 43.5 Å². The molecule has 0 spiro atoms. The molecule has 118 valence electrons. The summed E-state index contributed by atoms with van der Waals surface area (Å²) in [7, 11) is -0.378. The summed E-state index contributed by atoms with van der Waals surface area (Å²) < 4.78 is 25.6. The first-order chi connectivity index (χ1) is 9.82. The first-order valence-corrected chi connectivity index (χ1v) is 8.85. The Kier molecular flexibility index (Phi) is 4.78. The summed E-state index contributed by atoms with van der Waals surface area (Å²) in [6.07, 6.45) is 5.01. The quantitative estimate of drug-likeness (QED) is 0.819. The van der Waals surface area contributed by atoms with Crippen LogP contribution in [0.2, 0.25) is 0 Å². The molecule has 1 aromatic carbocycles. The zero-order valence-corrected chi connectivity index (χ0v) is 13.8. The molecule has 0 radical (unpaired) electrons. The second-order valence-electron chi connectivity index (χ2n) is 6.01. The number of benzene rings is 1. The van der Waals surface area contributed by atoms with E-state index in [9.17, 15) is 8.42 Å². The molecular weight excluding hydrogens is 286 g/mol. The molecule has 0 saturated heterocycles. The third kappa shape index (κ3) is 3.49. The van der Waals surface area contributed by atoms with Crippen LogP contribution < -0.4 is 11.1 Å². The van der Waals surface area contributed by atoms with Gasteiger partial charge in [0, 0.05) is 20.1 Å². The summed E-state index contributed by atoms with van der Waals surface area (Å²) in [4.78, 5) is 0.267. The average molecular weight is 311 g/mol. The van der Waals surface area contributed by atoms with Crippen molar-refractivity contribution in [1.82, 2.24) is 4.31 Å². The maximum atomic E-state index is 12.2. The Hall–Kier alpha value is -1.27. The standard InChI is InChI=1S/C15H25N3O2S/c1-11(12-6-4-5-7-12)17-15-10-13(8-9-14(15)16)21(19,20)18(2)3/h8-12,17H,4-7,16H2,1-3H3. The van der Waals surface area contributed by atoms with Crippen molar-refractivity contribution in [1.29, 1.82) is 0 Å². The highest BCUT2D eigenvalue weighted by atomic mass is 32.2. The Morgan fingerprint density at radius 1 is 1.29 bits per heavy atom. The first-order valence-electron chi connectivity index (χ1n) is 7.41. The number of hydrogen-bond donors (Lipinski definition) is 2. The lowest BCUT2D eigenvalue weighted by Crippen LogP contribution is -2.25. The van der Waals surface area contributed by atoms with Gasteiger partial charge in [-0.3, -0.25) is 0 Å². The summed E-state index contributed by atoms with van der Waals surface area (Å²) in [6, 6.07) is 5.14. The van der Waals surface area contributed by atoms with E-state index in [4.69, 9.17) is 5.73 Å². The molecule has 1 saturated carbocycles. The summed E-state index contributed by atoms with van der Waals surface area (Å²) in [5.41, 5.74) is 7.27. The number of anilines is 2. The smallest absolute Gasteiger partial charge is 0.242 e. The molecule has 1 fully saturated rings. The van der Waals surface area contributed by atoms with E-state index in [1.165, 1.54) is 44.1 Å². The third-order valence-corrected chi connectivity index (χ3v) is 6.10. The molecular formula is C15H25N3O2S. The first kappa shape index (κ1) is 16.1. The van der Waals surface area contributed by atoms with Crippen molar-refractivity contribution in [3.63, 3.8) is 0 Å². The minimum Gasteiger partial charge on any atom is -0.397 e. The van der Waals surface area contributed by atoms with Crippen molar-refractivity contribution in [2.24, 2.45) is 5.92 Å².